The number of carbonyl (C=O) groups excluding carboxylic acids is 1. The standard InChI is InChI=1S/C11H20O/c1-5-11(4,9-12)8-6-7-10(2)3/h7,9H,5-6,8H2,1-4H3. The SMILES string of the molecule is CCC(C)(C=O)CCC=C(C)C. The molecule has 0 bridgehead atoms. The zero-order valence-electron chi connectivity index (χ0n) is 8.68. The monoisotopic (exact) mass is 168 g/mol. The predicted octanol–water partition coefficient (Wildman–Crippen LogP) is 3.35. The normalized spacial score (nSPS) is 15.0. The predicted molar refractivity (Wildman–Crippen MR) is 53.1 cm³/mol. The first-order valence-electron chi connectivity index (χ1n) is 4.64. The van der Waals surface area contributed by atoms with Crippen LogP contribution in [0.4, 0.5) is 0 Å². The molecule has 1 nitrogen and oxygen atoms in total. The van der Waals surface area contributed by atoms with E-state index in [9.17, 15) is 4.79 Å². The van der Waals surface area contributed by atoms with Gasteiger partial charge in [-0.3, -0.25) is 0 Å². The zero-order valence-corrected chi connectivity index (χ0v) is 8.68. The van der Waals surface area contributed by atoms with Crippen LogP contribution in [-0.2, 0) is 4.79 Å². The van der Waals surface area contributed by atoms with Crippen molar-refractivity contribution >= 4 is 6.29 Å². The van der Waals surface area contributed by atoms with Crippen molar-refractivity contribution in [2.75, 3.05) is 0 Å². The Balaban J connectivity index is 3.89. The Morgan fingerprint density at radius 2 is 2.00 bits per heavy atom. The average Bonchev–Trinajstić information content (AvgIpc) is 2.03. The summed E-state index contributed by atoms with van der Waals surface area (Å²) < 4.78 is 0. The van der Waals surface area contributed by atoms with E-state index >= 15 is 0 Å². The second-order valence-corrected chi connectivity index (χ2v) is 3.95. The molecule has 0 spiro atoms. The van der Waals surface area contributed by atoms with Gasteiger partial charge in [-0.2, -0.15) is 0 Å². The van der Waals surface area contributed by atoms with Crippen molar-refractivity contribution in [3.63, 3.8) is 0 Å². The second-order valence-electron chi connectivity index (χ2n) is 3.95. The minimum Gasteiger partial charge on any atom is -0.303 e. The van der Waals surface area contributed by atoms with Crippen molar-refractivity contribution in [2.24, 2.45) is 5.41 Å². The van der Waals surface area contributed by atoms with Crippen molar-refractivity contribution in [2.45, 2.75) is 47.0 Å². The molecule has 0 aromatic rings. The highest BCUT2D eigenvalue weighted by atomic mass is 16.1. The summed E-state index contributed by atoms with van der Waals surface area (Å²) in [6, 6.07) is 0. The molecule has 1 heteroatoms. The number of carbonyl (C=O) groups is 1. The van der Waals surface area contributed by atoms with Crippen LogP contribution in [0.15, 0.2) is 11.6 Å². The maximum Gasteiger partial charge on any atom is 0.125 e. The Labute approximate surface area is 75.9 Å². The Hall–Kier alpha value is -0.590. The van der Waals surface area contributed by atoms with Gasteiger partial charge in [0.15, 0.2) is 0 Å². The fourth-order valence-corrected chi connectivity index (χ4v) is 1.01. The summed E-state index contributed by atoms with van der Waals surface area (Å²) in [4.78, 5) is 10.7. The third-order valence-electron chi connectivity index (χ3n) is 2.36. The summed E-state index contributed by atoms with van der Waals surface area (Å²) in [6.45, 7) is 8.27. The Morgan fingerprint density at radius 3 is 2.33 bits per heavy atom. The highest BCUT2D eigenvalue weighted by molar-refractivity contribution is 5.58. The van der Waals surface area contributed by atoms with Gasteiger partial charge in [-0.05, 0) is 33.1 Å². The van der Waals surface area contributed by atoms with E-state index in [-0.39, 0.29) is 5.41 Å². The Morgan fingerprint density at radius 1 is 1.42 bits per heavy atom. The summed E-state index contributed by atoms with van der Waals surface area (Å²) in [6.07, 6.45) is 6.21. The molecule has 0 radical (unpaired) electrons. The fourth-order valence-electron chi connectivity index (χ4n) is 1.01. The van der Waals surface area contributed by atoms with E-state index in [0.717, 1.165) is 25.5 Å². The number of rotatable bonds is 5. The minimum absolute atomic E-state index is 0.105. The third-order valence-corrected chi connectivity index (χ3v) is 2.36. The molecular formula is C11H20O. The van der Waals surface area contributed by atoms with Gasteiger partial charge >= 0.3 is 0 Å². The lowest BCUT2D eigenvalue weighted by atomic mass is 9.84. The van der Waals surface area contributed by atoms with Crippen LogP contribution in [0.3, 0.4) is 0 Å². The maximum atomic E-state index is 10.7. The molecule has 0 saturated carbocycles. The summed E-state index contributed by atoms with van der Waals surface area (Å²) in [5, 5.41) is 0. The first-order valence-corrected chi connectivity index (χ1v) is 4.64. The van der Waals surface area contributed by atoms with Crippen LogP contribution >= 0.6 is 0 Å². The van der Waals surface area contributed by atoms with Gasteiger partial charge in [-0.25, -0.2) is 0 Å². The molecule has 0 amide bonds. The molecule has 1 unspecified atom stereocenters. The Kier molecular flexibility index (Phi) is 4.87. The summed E-state index contributed by atoms with van der Waals surface area (Å²) in [7, 11) is 0. The van der Waals surface area contributed by atoms with Crippen LogP contribution in [0.2, 0.25) is 0 Å². The summed E-state index contributed by atoms with van der Waals surface area (Å²) in [5.74, 6) is 0. The van der Waals surface area contributed by atoms with E-state index in [1.165, 1.54) is 5.57 Å². The van der Waals surface area contributed by atoms with Gasteiger partial charge in [0.05, 0.1) is 0 Å². The molecule has 0 aromatic heterocycles. The van der Waals surface area contributed by atoms with E-state index in [2.05, 4.69) is 26.8 Å². The summed E-state index contributed by atoms with van der Waals surface area (Å²) in [5.41, 5.74) is 1.23. The second kappa shape index (κ2) is 5.13. The van der Waals surface area contributed by atoms with Crippen LogP contribution in [0.25, 0.3) is 0 Å². The van der Waals surface area contributed by atoms with Crippen LogP contribution in [0.5, 0.6) is 0 Å². The lowest BCUT2D eigenvalue weighted by molar-refractivity contribution is -0.115. The van der Waals surface area contributed by atoms with Crippen LogP contribution in [0.1, 0.15) is 47.0 Å². The van der Waals surface area contributed by atoms with Gasteiger partial charge in [0.1, 0.15) is 6.29 Å². The highest BCUT2D eigenvalue weighted by Crippen LogP contribution is 2.24. The Bertz CT molecular complexity index is 166. The van der Waals surface area contributed by atoms with Crippen molar-refractivity contribution in [1.82, 2.24) is 0 Å². The van der Waals surface area contributed by atoms with Crippen molar-refractivity contribution in [3.8, 4) is 0 Å². The summed E-state index contributed by atoms with van der Waals surface area (Å²) >= 11 is 0. The molecule has 0 N–H and O–H groups in total. The molecule has 0 aliphatic carbocycles. The molecule has 0 heterocycles. The van der Waals surface area contributed by atoms with Gasteiger partial charge in [-0.1, -0.05) is 25.5 Å². The molecule has 0 fully saturated rings. The van der Waals surface area contributed by atoms with Crippen LogP contribution < -0.4 is 0 Å². The van der Waals surface area contributed by atoms with Gasteiger partial charge in [0.2, 0.25) is 0 Å². The number of hydrogen-bond donors (Lipinski definition) is 0. The minimum atomic E-state index is -0.105. The lowest BCUT2D eigenvalue weighted by Gasteiger charge is -2.19. The smallest absolute Gasteiger partial charge is 0.125 e. The average molecular weight is 168 g/mol. The fraction of sp³-hybridized carbons (Fsp3) is 0.727. The molecule has 12 heavy (non-hydrogen) atoms. The topological polar surface area (TPSA) is 17.1 Å². The molecular weight excluding hydrogens is 148 g/mol. The van der Waals surface area contributed by atoms with Crippen molar-refractivity contribution in [1.29, 1.82) is 0 Å². The van der Waals surface area contributed by atoms with Gasteiger partial charge in [0, 0.05) is 5.41 Å². The van der Waals surface area contributed by atoms with Gasteiger partial charge < -0.3 is 4.79 Å². The first-order chi connectivity index (χ1) is 5.54. The zero-order chi connectivity index (χ0) is 9.61. The lowest BCUT2D eigenvalue weighted by Crippen LogP contribution is -2.16. The van der Waals surface area contributed by atoms with E-state index in [4.69, 9.17) is 0 Å². The van der Waals surface area contributed by atoms with Crippen LogP contribution in [-0.4, -0.2) is 6.29 Å². The quantitative estimate of drug-likeness (QED) is 0.454. The van der Waals surface area contributed by atoms with Crippen molar-refractivity contribution in [3.05, 3.63) is 11.6 Å². The van der Waals surface area contributed by atoms with E-state index in [1.54, 1.807) is 0 Å². The molecule has 1 atom stereocenters. The van der Waals surface area contributed by atoms with E-state index < -0.39 is 0 Å². The first kappa shape index (κ1) is 11.4. The molecule has 0 rings (SSSR count). The molecule has 0 saturated heterocycles. The largest absolute Gasteiger partial charge is 0.303 e. The van der Waals surface area contributed by atoms with Crippen molar-refractivity contribution < 1.29 is 4.79 Å². The maximum absolute atomic E-state index is 10.7. The number of hydrogen-bond acceptors (Lipinski definition) is 1. The number of allylic oxidation sites excluding steroid dienone is 2. The van der Waals surface area contributed by atoms with E-state index in [1.807, 2.05) is 6.92 Å². The molecule has 0 aromatic carbocycles. The molecule has 0 aliphatic heterocycles. The van der Waals surface area contributed by atoms with Gasteiger partial charge in [-0.15, -0.1) is 0 Å². The molecule has 70 valence electrons. The van der Waals surface area contributed by atoms with Gasteiger partial charge in [0.25, 0.3) is 0 Å². The highest BCUT2D eigenvalue weighted by Gasteiger charge is 2.19. The number of aldehydes is 1. The van der Waals surface area contributed by atoms with E-state index in [0.29, 0.717) is 0 Å². The molecule has 0 aliphatic rings. The third kappa shape index (κ3) is 4.32. The van der Waals surface area contributed by atoms with Crippen LogP contribution in [0, 0.1) is 5.41 Å².